The summed E-state index contributed by atoms with van der Waals surface area (Å²) in [7, 11) is 0. The van der Waals surface area contributed by atoms with Crippen LogP contribution in [0.4, 0.5) is 4.79 Å². The summed E-state index contributed by atoms with van der Waals surface area (Å²) < 4.78 is -0.655. The number of nitrogens with zero attached hydrogens (tertiary/aromatic N) is 1. The Morgan fingerprint density at radius 1 is 1.47 bits per heavy atom. The molecule has 0 bridgehead atoms. The number of nitrogens with one attached hydrogen (secondary N) is 2. The van der Waals surface area contributed by atoms with Crippen molar-refractivity contribution in [2.75, 3.05) is 13.1 Å². The second-order valence-corrected chi connectivity index (χ2v) is 6.92. The molecule has 0 aromatic carbocycles. The molecule has 0 saturated carbocycles. The van der Waals surface area contributed by atoms with E-state index in [1.165, 1.54) is 0 Å². The van der Waals surface area contributed by atoms with Gasteiger partial charge in [-0.1, -0.05) is 15.9 Å². The van der Waals surface area contributed by atoms with Gasteiger partial charge in [0.15, 0.2) is 0 Å². The monoisotopic (exact) mass is 303 g/mol. The van der Waals surface area contributed by atoms with Gasteiger partial charge in [-0.25, -0.2) is 4.79 Å². The summed E-state index contributed by atoms with van der Waals surface area (Å²) in [4.78, 5) is 36.4. The van der Waals surface area contributed by atoms with Gasteiger partial charge in [0.05, 0.1) is 10.9 Å². The van der Waals surface area contributed by atoms with E-state index in [4.69, 9.17) is 0 Å². The molecule has 0 aromatic rings. The summed E-state index contributed by atoms with van der Waals surface area (Å²) in [6, 6.07) is -0.484. The molecular weight excluding hydrogens is 290 g/mol. The van der Waals surface area contributed by atoms with E-state index in [2.05, 4.69) is 26.6 Å². The first-order chi connectivity index (χ1) is 7.74. The Kier molecular flexibility index (Phi) is 2.68. The standard InChI is InChI=1S/C10H14BrN3O3/c1-9(2,11)7(16)14-4-3-10(5-14)6(15)12-8(17)13-10/h3-5H2,1-2H3,(H2,12,13,15,17). The number of halogens is 1. The van der Waals surface area contributed by atoms with Crippen LogP contribution in [0.3, 0.4) is 0 Å². The van der Waals surface area contributed by atoms with Crippen LogP contribution in [0.25, 0.3) is 0 Å². The number of carbonyl (C=O) groups is 3. The number of hydrogen-bond donors (Lipinski definition) is 2. The van der Waals surface area contributed by atoms with Gasteiger partial charge in [0, 0.05) is 6.54 Å². The van der Waals surface area contributed by atoms with Crippen LogP contribution >= 0.6 is 15.9 Å². The molecule has 1 spiro atoms. The molecule has 94 valence electrons. The highest BCUT2D eigenvalue weighted by Crippen LogP contribution is 2.28. The zero-order valence-electron chi connectivity index (χ0n) is 9.67. The first-order valence-electron chi connectivity index (χ1n) is 5.36. The summed E-state index contributed by atoms with van der Waals surface area (Å²) in [6.07, 6.45) is 0.458. The molecule has 1 atom stereocenters. The number of alkyl halides is 1. The number of likely N-dealkylation sites (tertiary alicyclic amines) is 1. The lowest BCUT2D eigenvalue weighted by atomic mass is 9.99. The zero-order valence-corrected chi connectivity index (χ0v) is 11.3. The molecule has 0 aliphatic carbocycles. The first kappa shape index (κ1) is 12.3. The molecule has 2 saturated heterocycles. The van der Waals surface area contributed by atoms with Crippen LogP contribution < -0.4 is 10.6 Å². The Hall–Kier alpha value is -1.11. The van der Waals surface area contributed by atoms with Gasteiger partial charge in [-0.2, -0.15) is 0 Å². The predicted molar refractivity (Wildman–Crippen MR) is 63.6 cm³/mol. The number of carbonyl (C=O) groups excluding carboxylic acids is 3. The Labute approximate surface area is 107 Å². The van der Waals surface area contributed by atoms with Crippen LogP contribution in [-0.4, -0.2) is 45.7 Å². The fourth-order valence-corrected chi connectivity index (χ4v) is 2.43. The zero-order chi connectivity index (χ0) is 12.8. The largest absolute Gasteiger partial charge is 0.338 e. The SMILES string of the molecule is CC(C)(Br)C(=O)N1CCC2(C1)NC(=O)NC2=O. The smallest absolute Gasteiger partial charge is 0.322 e. The van der Waals surface area contributed by atoms with Gasteiger partial charge < -0.3 is 10.2 Å². The molecular formula is C10H14BrN3O3. The van der Waals surface area contributed by atoms with Crippen LogP contribution in [-0.2, 0) is 9.59 Å². The lowest BCUT2D eigenvalue weighted by Gasteiger charge is -2.25. The van der Waals surface area contributed by atoms with Gasteiger partial charge in [0.2, 0.25) is 5.91 Å². The first-order valence-corrected chi connectivity index (χ1v) is 6.16. The van der Waals surface area contributed by atoms with Crippen LogP contribution in [0.5, 0.6) is 0 Å². The van der Waals surface area contributed by atoms with E-state index < -0.39 is 15.9 Å². The maximum absolute atomic E-state index is 12.0. The normalized spacial score (nSPS) is 28.5. The Morgan fingerprint density at radius 2 is 2.12 bits per heavy atom. The van der Waals surface area contributed by atoms with Crippen LogP contribution in [0.15, 0.2) is 0 Å². The lowest BCUT2D eigenvalue weighted by Crippen LogP contribution is -2.51. The summed E-state index contributed by atoms with van der Waals surface area (Å²) in [5.41, 5.74) is -0.926. The highest BCUT2D eigenvalue weighted by atomic mass is 79.9. The van der Waals surface area contributed by atoms with Crippen LogP contribution in [0, 0.1) is 0 Å². The van der Waals surface area contributed by atoms with Crippen molar-refractivity contribution >= 4 is 33.8 Å². The number of hydrogen-bond acceptors (Lipinski definition) is 3. The summed E-state index contributed by atoms with van der Waals surface area (Å²) >= 11 is 3.30. The van der Waals surface area contributed by atoms with Gasteiger partial charge in [-0.05, 0) is 20.3 Å². The molecule has 2 N–H and O–H groups in total. The maximum atomic E-state index is 12.0. The molecule has 0 radical (unpaired) electrons. The summed E-state index contributed by atoms with van der Waals surface area (Å²) in [5, 5.41) is 4.82. The van der Waals surface area contributed by atoms with Crippen LogP contribution in [0.2, 0.25) is 0 Å². The third-order valence-corrected chi connectivity index (χ3v) is 3.42. The third-order valence-electron chi connectivity index (χ3n) is 3.08. The number of urea groups is 1. The van der Waals surface area contributed by atoms with Crippen molar-refractivity contribution in [1.29, 1.82) is 0 Å². The molecule has 7 heteroatoms. The Bertz CT molecular complexity index is 404. The second kappa shape index (κ2) is 3.69. The minimum absolute atomic E-state index is 0.0803. The minimum atomic E-state index is -0.926. The Balaban J connectivity index is 2.13. The third kappa shape index (κ3) is 2.03. The van der Waals surface area contributed by atoms with Crippen molar-refractivity contribution in [1.82, 2.24) is 15.5 Å². The van der Waals surface area contributed by atoms with Gasteiger partial charge in [-0.15, -0.1) is 0 Å². The molecule has 6 nitrogen and oxygen atoms in total. The number of rotatable bonds is 1. The lowest BCUT2D eigenvalue weighted by molar-refractivity contribution is -0.132. The van der Waals surface area contributed by atoms with E-state index >= 15 is 0 Å². The molecule has 17 heavy (non-hydrogen) atoms. The number of imide groups is 1. The van der Waals surface area contributed by atoms with Crippen molar-refractivity contribution in [3.8, 4) is 0 Å². The van der Waals surface area contributed by atoms with E-state index in [0.717, 1.165) is 0 Å². The van der Waals surface area contributed by atoms with Crippen molar-refractivity contribution < 1.29 is 14.4 Å². The average Bonchev–Trinajstić information content (AvgIpc) is 2.70. The second-order valence-electron chi connectivity index (χ2n) is 4.94. The molecule has 0 aromatic heterocycles. The van der Waals surface area contributed by atoms with Crippen molar-refractivity contribution in [3.63, 3.8) is 0 Å². The highest BCUT2D eigenvalue weighted by molar-refractivity contribution is 9.10. The topological polar surface area (TPSA) is 78.5 Å². The van der Waals surface area contributed by atoms with E-state index in [9.17, 15) is 14.4 Å². The van der Waals surface area contributed by atoms with Gasteiger partial charge >= 0.3 is 6.03 Å². The van der Waals surface area contributed by atoms with E-state index in [1.807, 2.05) is 0 Å². The highest BCUT2D eigenvalue weighted by Gasteiger charge is 2.52. The molecule has 2 aliphatic rings. The molecule has 1 unspecified atom stereocenters. The predicted octanol–water partition coefficient (Wildman–Crippen LogP) is -0.0296. The van der Waals surface area contributed by atoms with Gasteiger partial charge in [-0.3, -0.25) is 14.9 Å². The maximum Gasteiger partial charge on any atom is 0.322 e. The average molecular weight is 304 g/mol. The summed E-state index contributed by atoms with van der Waals surface area (Å²) in [5.74, 6) is -0.423. The van der Waals surface area contributed by atoms with Crippen molar-refractivity contribution in [3.05, 3.63) is 0 Å². The van der Waals surface area contributed by atoms with Gasteiger partial charge in [0.1, 0.15) is 5.54 Å². The molecule has 4 amide bonds. The van der Waals surface area contributed by atoms with E-state index in [1.54, 1.807) is 18.7 Å². The molecule has 2 heterocycles. The fraction of sp³-hybridized carbons (Fsp3) is 0.700. The van der Waals surface area contributed by atoms with Crippen molar-refractivity contribution in [2.24, 2.45) is 0 Å². The number of amides is 4. The van der Waals surface area contributed by atoms with E-state index in [-0.39, 0.29) is 18.4 Å². The molecule has 2 rings (SSSR count). The van der Waals surface area contributed by atoms with Crippen LogP contribution in [0.1, 0.15) is 20.3 Å². The summed E-state index contributed by atoms with van der Waals surface area (Å²) in [6.45, 7) is 4.22. The van der Waals surface area contributed by atoms with Gasteiger partial charge in [0.25, 0.3) is 5.91 Å². The molecule has 2 aliphatic heterocycles. The minimum Gasteiger partial charge on any atom is -0.338 e. The molecule has 2 fully saturated rings. The fourth-order valence-electron chi connectivity index (χ4n) is 2.17. The quantitative estimate of drug-likeness (QED) is 0.527. The Morgan fingerprint density at radius 3 is 2.59 bits per heavy atom. The van der Waals surface area contributed by atoms with E-state index in [0.29, 0.717) is 13.0 Å². The van der Waals surface area contributed by atoms with Crippen molar-refractivity contribution in [2.45, 2.75) is 30.1 Å².